The number of hydrogen-bond donors (Lipinski definition) is 2. The number of anilines is 1. The number of nitrogens with one attached hydrogen (secondary N) is 1. The second kappa shape index (κ2) is 6.21. The number of carbonyl (C=O) groups excluding carboxylic acids is 1. The number of hydrogen-bond acceptors (Lipinski definition) is 5. The highest BCUT2D eigenvalue weighted by Gasteiger charge is 2.24. The SMILES string of the molecule is CCC(C(=O)O)c1sc(NC(=O)OC(C)(C)C)nc1C. The summed E-state index contributed by atoms with van der Waals surface area (Å²) in [6.45, 7) is 8.84. The van der Waals surface area contributed by atoms with Crippen molar-refractivity contribution in [2.45, 2.75) is 52.6 Å². The van der Waals surface area contributed by atoms with Crippen molar-refractivity contribution in [2.24, 2.45) is 0 Å². The van der Waals surface area contributed by atoms with Crippen LogP contribution in [-0.2, 0) is 9.53 Å². The second-order valence-electron chi connectivity index (χ2n) is 5.39. The summed E-state index contributed by atoms with van der Waals surface area (Å²) in [5, 5.41) is 12.0. The van der Waals surface area contributed by atoms with E-state index in [0.29, 0.717) is 22.1 Å². The minimum absolute atomic E-state index is 0.353. The summed E-state index contributed by atoms with van der Waals surface area (Å²) >= 11 is 1.17. The maximum absolute atomic E-state index is 11.6. The fraction of sp³-hybridized carbons (Fsp3) is 0.615. The molecule has 0 bridgehead atoms. The van der Waals surface area contributed by atoms with E-state index in [9.17, 15) is 9.59 Å². The van der Waals surface area contributed by atoms with Crippen LogP contribution < -0.4 is 5.32 Å². The van der Waals surface area contributed by atoms with Crippen molar-refractivity contribution in [3.05, 3.63) is 10.6 Å². The summed E-state index contributed by atoms with van der Waals surface area (Å²) in [5.74, 6) is -1.48. The minimum atomic E-state index is -0.886. The van der Waals surface area contributed by atoms with Crippen LogP contribution in [0.4, 0.5) is 9.93 Å². The van der Waals surface area contributed by atoms with E-state index in [1.165, 1.54) is 11.3 Å². The van der Waals surface area contributed by atoms with Gasteiger partial charge in [-0.15, -0.1) is 11.3 Å². The Morgan fingerprint density at radius 1 is 1.45 bits per heavy atom. The number of nitrogens with zero attached hydrogens (tertiary/aromatic N) is 1. The number of amides is 1. The van der Waals surface area contributed by atoms with E-state index in [4.69, 9.17) is 9.84 Å². The Morgan fingerprint density at radius 2 is 2.05 bits per heavy atom. The van der Waals surface area contributed by atoms with Crippen molar-refractivity contribution in [1.29, 1.82) is 0 Å². The molecule has 1 unspecified atom stereocenters. The number of aryl methyl sites for hydroxylation is 1. The topological polar surface area (TPSA) is 88.5 Å². The molecule has 0 radical (unpaired) electrons. The fourth-order valence-electron chi connectivity index (χ4n) is 1.65. The van der Waals surface area contributed by atoms with Crippen LogP contribution in [0.1, 0.15) is 50.6 Å². The first-order chi connectivity index (χ1) is 9.14. The molecule has 1 aromatic rings. The molecule has 0 aliphatic heterocycles. The molecule has 0 aliphatic rings. The molecule has 0 saturated heterocycles. The van der Waals surface area contributed by atoms with Gasteiger partial charge in [-0.25, -0.2) is 9.78 Å². The first-order valence-corrected chi connectivity index (χ1v) is 7.15. The third kappa shape index (κ3) is 4.48. The molecule has 1 atom stereocenters. The highest BCUT2D eigenvalue weighted by molar-refractivity contribution is 7.16. The highest BCUT2D eigenvalue weighted by Crippen LogP contribution is 2.32. The minimum Gasteiger partial charge on any atom is -0.481 e. The summed E-state index contributed by atoms with van der Waals surface area (Å²) in [5.41, 5.74) is 0.0296. The number of rotatable bonds is 4. The van der Waals surface area contributed by atoms with Gasteiger partial charge in [-0.2, -0.15) is 0 Å². The second-order valence-corrected chi connectivity index (χ2v) is 6.43. The highest BCUT2D eigenvalue weighted by atomic mass is 32.1. The molecule has 1 aromatic heterocycles. The number of carbonyl (C=O) groups is 2. The van der Waals surface area contributed by atoms with E-state index in [-0.39, 0.29) is 0 Å². The van der Waals surface area contributed by atoms with Gasteiger partial charge in [-0.1, -0.05) is 6.92 Å². The van der Waals surface area contributed by atoms with Crippen LogP contribution in [0.25, 0.3) is 0 Å². The molecule has 0 spiro atoms. The van der Waals surface area contributed by atoms with Gasteiger partial charge in [0.15, 0.2) is 5.13 Å². The Hall–Kier alpha value is -1.63. The Kier molecular flexibility index (Phi) is 5.10. The van der Waals surface area contributed by atoms with Crippen LogP contribution in [0.2, 0.25) is 0 Å². The number of aliphatic carboxylic acids is 1. The van der Waals surface area contributed by atoms with Crippen molar-refractivity contribution >= 4 is 28.5 Å². The normalized spacial score (nSPS) is 12.8. The van der Waals surface area contributed by atoms with Crippen molar-refractivity contribution in [1.82, 2.24) is 4.98 Å². The number of ether oxygens (including phenoxy) is 1. The van der Waals surface area contributed by atoms with Crippen LogP contribution >= 0.6 is 11.3 Å². The van der Waals surface area contributed by atoms with Crippen LogP contribution in [0, 0.1) is 6.92 Å². The van der Waals surface area contributed by atoms with Gasteiger partial charge in [0.2, 0.25) is 0 Å². The first kappa shape index (κ1) is 16.4. The van der Waals surface area contributed by atoms with Crippen LogP contribution in [0.5, 0.6) is 0 Å². The van der Waals surface area contributed by atoms with E-state index in [2.05, 4.69) is 10.3 Å². The maximum Gasteiger partial charge on any atom is 0.413 e. The molecule has 0 aromatic carbocycles. The lowest BCUT2D eigenvalue weighted by atomic mass is 10.0. The van der Waals surface area contributed by atoms with Gasteiger partial charge in [0.1, 0.15) is 5.60 Å². The van der Waals surface area contributed by atoms with Gasteiger partial charge < -0.3 is 9.84 Å². The predicted octanol–water partition coefficient (Wildman–Crippen LogP) is 3.38. The largest absolute Gasteiger partial charge is 0.481 e. The molecule has 7 heteroatoms. The number of aromatic nitrogens is 1. The third-order valence-corrected chi connectivity index (χ3v) is 3.65. The molecule has 1 heterocycles. The third-order valence-electron chi connectivity index (χ3n) is 2.46. The molecule has 1 rings (SSSR count). The van der Waals surface area contributed by atoms with E-state index in [1.807, 2.05) is 0 Å². The quantitative estimate of drug-likeness (QED) is 0.890. The Morgan fingerprint density at radius 3 is 2.50 bits per heavy atom. The van der Waals surface area contributed by atoms with Gasteiger partial charge >= 0.3 is 12.1 Å². The molecule has 2 N–H and O–H groups in total. The van der Waals surface area contributed by atoms with Gasteiger partial charge in [0, 0.05) is 4.88 Å². The van der Waals surface area contributed by atoms with Crippen LogP contribution in [0.3, 0.4) is 0 Å². The zero-order valence-corrected chi connectivity index (χ0v) is 13.1. The van der Waals surface area contributed by atoms with E-state index in [1.54, 1.807) is 34.6 Å². The molecular formula is C13H20N2O4S. The molecular weight excluding hydrogens is 280 g/mol. The first-order valence-electron chi connectivity index (χ1n) is 6.34. The summed E-state index contributed by atoms with van der Waals surface area (Å²) in [6, 6.07) is 0. The number of carboxylic acids is 1. The van der Waals surface area contributed by atoms with E-state index < -0.39 is 23.6 Å². The van der Waals surface area contributed by atoms with Crippen molar-refractivity contribution < 1.29 is 19.4 Å². The van der Waals surface area contributed by atoms with Gasteiger partial charge in [-0.05, 0) is 34.1 Å². The molecule has 20 heavy (non-hydrogen) atoms. The lowest BCUT2D eigenvalue weighted by Crippen LogP contribution is -2.27. The summed E-state index contributed by atoms with van der Waals surface area (Å²) < 4.78 is 5.13. The van der Waals surface area contributed by atoms with E-state index >= 15 is 0 Å². The lowest BCUT2D eigenvalue weighted by Gasteiger charge is -2.18. The van der Waals surface area contributed by atoms with Gasteiger partial charge in [-0.3, -0.25) is 10.1 Å². The van der Waals surface area contributed by atoms with Crippen molar-refractivity contribution in [3.8, 4) is 0 Å². The van der Waals surface area contributed by atoms with Crippen molar-refractivity contribution in [3.63, 3.8) is 0 Å². The number of thiazole rings is 1. The summed E-state index contributed by atoms with van der Waals surface area (Å²) in [4.78, 5) is 27.6. The molecule has 6 nitrogen and oxygen atoms in total. The maximum atomic E-state index is 11.6. The average molecular weight is 300 g/mol. The van der Waals surface area contributed by atoms with Crippen LogP contribution in [0.15, 0.2) is 0 Å². The predicted molar refractivity (Wildman–Crippen MR) is 77.4 cm³/mol. The monoisotopic (exact) mass is 300 g/mol. The molecule has 0 aliphatic carbocycles. The Bertz CT molecular complexity index is 505. The molecule has 0 fully saturated rings. The van der Waals surface area contributed by atoms with Crippen LogP contribution in [-0.4, -0.2) is 27.8 Å². The fourth-order valence-corrected chi connectivity index (χ4v) is 2.78. The summed E-state index contributed by atoms with van der Waals surface area (Å²) in [7, 11) is 0. The molecule has 0 saturated carbocycles. The standard InChI is InChI=1S/C13H20N2O4S/c1-6-8(10(16)17)9-7(2)14-11(20-9)15-12(18)19-13(3,4)5/h8H,6H2,1-5H3,(H,16,17)(H,14,15,18). The van der Waals surface area contributed by atoms with Gasteiger partial charge in [0.25, 0.3) is 0 Å². The van der Waals surface area contributed by atoms with Crippen molar-refractivity contribution in [2.75, 3.05) is 5.32 Å². The molecule has 112 valence electrons. The zero-order chi connectivity index (χ0) is 15.5. The summed E-state index contributed by atoms with van der Waals surface area (Å²) in [6.07, 6.45) is -0.120. The number of carboxylic acid groups (broad SMARTS) is 1. The molecule has 1 amide bonds. The Balaban J connectivity index is 2.85. The van der Waals surface area contributed by atoms with Gasteiger partial charge in [0.05, 0.1) is 11.6 Å². The Labute approximate surface area is 122 Å². The lowest BCUT2D eigenvalue weighted by molar-refractivity contribution is -0.138. The van der Waals surface area contributed by atoms with E-state index in [0.717, 1.165) is 0 Å². The smallest absolute Gasteiger partial charge is 0.413 e. The average Bonchev–Trinajstić information content (AvgIpc) is 2.57. The zero-order valence-electron chi connectivity index (χ0n) is 12.3.